The minimum Gasteiger partial charge on any atom is -0.355 e. The van der Waals surface area contributed by atoms with Gasteiger partial charge in [0.15, 0.2) is 0 Å². The Morgan fingerprint density at radius 2 is 1.06 bits per heavy atom. The molecule has 4 heteroatoms. The molecule has 162 valence electrons. The van der Waals surface area contributed by atoms with Crippen LogP contribution in [-0.4, -0.2) is 20.4 Å². The van der Waals surface area contributed by atoms with Crippen LogP contribution in [0.4, 0.5) is 0 Å². The fourth-order valence-electron chi connectivity index (χ4n) is 4.39. The quantitative estimate of drug-likeness (QED) is 0.161. The summed E-state index contributed by atoms with van der Waals surface area (Å²) in [6.07, 6.45) is 1.89. The highest BCUT2D eigenvalue weighted by Crippen LogP contribution is 2.46. The number of nitrogens with one attached hydrogen (secondary N) is 1. The largest absolute Gasteiger partial charge is 0.355 e. The fraction of sp³-hybridized carbons (Fsp3) is 0.0345. The Hall–Kier alpha value is -3.73. The molecule has 1 aromatic heterocycles. The number of hydrogen-bond acceptors (Lipinski definition) is 1. The number of rotatable bonds is 6. The highest BCUT2D eigenvalue weighted by Gasteiger charge is 2.41. The SMILES string of the molecule is OC(=[SH]c1c[nH]nc1C(c1ccccc1)(c1ccccc1)c1ccccc1)c1ccccc1. The summed E-state index contributed by atoms with van der Waals surface area (Å²) >= 11 is 0.692. The zero-order valence-electron chi connectivity index (χ0n) is 18.0. The molecule has 0 saturated heterocycles. The Morgan fingerprint density at radius 1 is 0.636 bits per heavy atom. The van der Waals surface area contributed by atoms with Crippen molar-refractivity contribution >= 4 is 16.4 Å². The second-order valence-corrected chi connectivity index (χ2v) is 8.90. The smallest absolute Gasteiger partial charge is 0.104 e. The summed E-state index contributed by atoms with van der Waals surface area (Å²) in [5.74, 6) is 0. The number of thiol groups is 1. The van der Waals surface area contributed by atoms with Gasteiger partial charge in [-0.2, -0.15) is 5.10 Å². The van der Waals surface area contributed by atoms with Crippen molar-refractivity contribution in [3.63, 3.8) is 0 Å². The van der Waals surface area contributed by atoms with Crippen molar-refractivity contribution in [1.29, 1.82) is 0 Å². The predicted octanol–water partition coefficient (Wildman–Crippen LogP) is 6.35. The van der Waals surface area contributed by atoms with Gasteiger partial charge in [-0.3, -0.25) is 5.10 Å². The highest BCUT2D eigenvalue weighted by molar-refractivity contribution is 7.98. The number of aliphatic hydroxyl groups is 1. The van der Waals surface area contributed by atoms with Crippen LogP contribution in [0, 0.1) is 0 Å². The lowest BCUT2D eigenvalue weighted by molar-refractivity contribution is 0.570. The van der Waals surface area contributed by atoms with E-state index in [9.17, 15) is 5.11 Å². The lowest BCUT2D eigenvalue weighted by atomic mass is 9.67. The first kappa shape index (κ1) is 21.1. The monoisotopic (exact) mass is 448 g/mol. The predicted molar refractivity (Wildman–Crippen MR) is 137 cm³/mol. The molecule has 0 unspecified atom stereocenters. The number of aromatic amines is 1. The van der Waals surface area contributed by atoms with E-state index in [2.05, 4.69) is 77.9 Å². The molecule has 33 heavy (non-hydrogen) atoms. The van der Waals surface area contributed by atoms with E-state index in [1.807, 2.05) is 54.7 Å². The van der Waals surface area contributed by atoms with Gasteiger partial charge < -0.3 is 5.11 Å². The molecule has 0 saturated carbocycles. The molecule has 0 bridgehead atoms. The van der Waals surface area contributed by atoms with E-state index in [1.54, 1.807) is 0 Å². The van der Waals surface area contributed by atoms with Crippen molar-refractivity contribution in [2.75, 3.05) is 0 Å². The lowest BCUT2D eigenvalue weighted by Gasteiger charge is -2.35. The first-order valence-electron chi connectivity index (χ1n) is 10.8. The minimum atomic E-state index is -0.650. The van der Waals surface area contributed by atoms with Gasteiger partial charge in [0.2, 0.25) is 0 Å². The third-order valence-corrected chi connectivity index (χ3v) is 6.91. The van der Waals surface area contributed by atoms with Gasteiger partial charge in [-0.25, -0.2) is 0 Å². The molecule has 0 spiro atoms. The van der Waals surface area contributed by atoms with Gasteiger partial charge in [-0.15, -0.1) is 11.4 Å². The molecule has 0 amide bonds. The average Bonchev–Trinajstić information content (AvgIpc) is 3.35. The lowest BCUT2D eigenvalue weighted by Crippen LogP contribution is -2.32. The number of aliphatic hydroxyl groups excluding tert-OH is 1. The minimum absolute atomic E-state index is 0.293. The Bertz CT molecular complexity index is 1250. The summed E-state index contributed by atoms with van der Waals surface area (Å²) in [6, 6.07) is 41.0. The van der Waals surface area contributed by atoms with E-state index in [-0.39, 0.29) is 0 Å². The summed E-state index contributed by atoms with van der Waals surface area (Å²) < 4.78 is 0. The van der Waals surface area contributed by atoms with Crippen LogP contribution in [0.2, 0.25) is 0 Å². The molecule has 0 aliphatic carbocycles. The second-order valence-electron chi connectivity index (χ2n) is 7.77. The van der Waals surface area contributed by atoms with Crippen LogP contribution in [-0.2, 0) is 5.41 Å². The van der Waals surface area contributed by atoms with Gasteiger partial charge >= 0.3 is 0 Å². The van der Waals surface area contributed by atoms with Crippen LogP contribution in [0.15, 0.2) is 132 Å². The number of benzene rings is 4. The molecule has 1 heterocycles. The van der Waals surface area contributed by atoms with E-state index in [0.717, 1.165) is 32.8 Å². The van der Waals surface area contributed by atoms with Crippen LogP contribution in [0.3, 0.4) is 0 Å². The maximum atomic E-state index is 11.0. The van der Waals surface area contributed by atoms with Crippen LogP contribution in [0.1, 0.15) is 27.9 Å². The molecule has 0 fully saturated rings. The third-order valence-electron chi connectivity index (χ3n) is 5.85. The van der Waals surface area contributed by atoms with E-state index in [0.29, 0.717) is 16.4 Å². The molecule has 5 aromatic rings. The maximum Gasteiger partial charge on any atom is 0.104 e. The van der Waals surface area contributed by atoms with Crippen LogP contribution < -0.4 is 0 Å². The van der Waals surface area contributed by atoms with Gasteiger partial charge in [-0.05, 0) is 16.7 Å². The molecule has 3 nitrogen and oxygen atoms in total. The third kappa shape index (κ3) is 3.95. The van der Waals surface area contributed by atoms with Crippen molar-refractivity contribution in [2.24, 2.45) is 0 Å². The Labute approximate surface area is 197 Å². The van der Waals surface area contributed by atoms with Gasteiger partial charge in [0.1, 0.15) is 5.05 Å². The molecular formula is C29H24N2OS. The number of aromatic nitrogens is 2. The summed E-state index contributed by atoms with van der Waals surface area (Å²) in [5, 5.41) is 19.1. The first-order chi connectivity index (χ1) is 16.3. The Kier molecular flexibility index (Phi) is 6.03. The van der Waals surface area contributed by atoms with Gasteiger partial charge in [-0.1, -0.05) is 121 Å². The van der Waals surface area contributed by atoms with Crippen LogP contribution in [0.25, 0.3) is 0 Å². The van der Waals surface area contributed by atoms with Crippen LogP contribution >= 0.6 is 11.4 Å². The molecular weight excluding hydrogens is 424 g/mol. The van der Waals surface area contributed by atoms with Crippen LogP contribution in [0.5, 0.6) is 0 Å². The molecule has 0 atom stereocenters. The van der Waals surface area contributed by atoms with Crippen molar-refractivity contribution in [2.45, 2.75) is 10.3 Å². The maximum absolute atomic E-state index is 11.0. The average molecular weight is 449 g/mol. The van der Waals surface area contributed by atoms with Gasteiger partial charge in [0.25, 0.3) is 0 Å². The highest BCUT2D eigenvalue weighted by atomic mass is 32.1. The molecule has 0 radical (unpaired) electrons. The fourth-order valence-corrected chi connectivity index (χ4v) is 5.34. The summed E-state index contributed by atoms with van der Waals surface area (Å²) in [7, 11) is 0. The van der Waals surface area contributed by atoms with Crippen molar-refractivity contribution in [1.82, 2.24) is 10.2 Å². The zero-order chi connectivity index (χ0) is 22.5. The number of H-pyrrole nitrogens is 1. The van der Waals surface area contributed by atoms with E-state index in [1.165, 1.54) is 0 Å². The van der Waals surface area contributed by atoms with E-state index >= 15 is 0 Å². The van der Waals surface area contributed by atoms with Gasteiger partial charge in [0.05, 0.1) is 11.1 Å². The van der Waals surface area contributed by atoms with Crippen molar-refractivity contribution in [3.05, 3.63) is 155 Å². The topological polar surface area (TPSA) is 48.9 Å². The van der Waals surface area contributed by atoms with Crippen molar-refractivity contribution < 1.29 is 5.11 Å². The number of hydrogen-bond donors (Lipinski definition) is 3. The standard InChI is InChI=1S/C29H24N2OS/c32-28(22-13-5-1-6-14-22)33-26-21-30-31-27(26)29(23-15-7-2-8-16-23,24-17-9-3-10-18-24)25-19-11-4-12-20-25/h1-21,32-33H,(H,30,31). The molecule has 4 aromatic carbocycles. The number of nitrogens with zero attached hydrogens (tertiary/aromatic N) is 1. The summed E-state index contributed by atoms with van der Waals surface area (Å²) in [6.45, 7) is 0. The molecule has 5 rings (SSSR count). The second kappa shape index (κ2) is 9.41. The Morgan fingerprint density at radius 3 is 1.52 bits per heavy atom. The first-order valence-corrected chi connectivity index (χ1v) is 11.7. The molecule has 0 aliphatic rings. The van der Waals surface area contributed by atoms with Gasteiger partial charge in [0, 0.05) is 16.7 Å². The van der Waals surface area contributed by atoms with E-state index < -0.39 is 5.41 Å². The van der Waals surface area contributed by atoms with E-state index in [4.69, 9.17) is 5.10 Å². The Balaban J connectivity index is 1.82. The van der Waals surface area contributed by atoms with Crippen molar-refractivity contribution in [3.8, 4) is 0 Å². The summed E-state index contributed by atoms with van der Waals surface area (Å²) in [4.78, 5) is 0.924. The zero-order valence-corrected chi connectivity index (χ0v) is 18.9. The summed E-state index contributed by atoms with van der Waals surface area (Å²) in [5.41, 5.74) is 4.37. The molecule has 2 N–H and O–H groups in total. The normalized spacial score (nSPS) is 12.2. The molecule has 0 aliphatic heterocycles.